The number of hydrogen-bond acceptors (Lipinski definition) is 0. The van der Waals surface area contributed by atoms with E-state index in [9.17, 15) is 0 Å². The Kier molecular flexibility index (Phi) is 17.5. The second-order valence-corrected chi connectivity index (χ2v) is 8.85. The van der Waals surface area contributed by atoms with Gasteiger partial charge in [0, 0.05) is 18.6 Å². The summed E-state index contributed by atoms with van der Waals surface area (Å²) in [6.45, 7) is 5.78. The van der Waals surface area contributed by atoms with Crippen LogP contribution in [-0.4, -0.2) is 0 Å². The molecule has 1 heteroatoms. The maximum atomic E-state index is 2.38. The zero-order valence-electron chi connectivity index (χ0n) is 19.4. The molecule has 0 radical (unpaired) electrons. The Hall–Kier alpha value is -0.850. The lowest BCUT2D eigenvalue weighted by molar-refractivity contribution is -0.697. The van der Waals surface area contributed by atoms with Crippen LogP contribution in [0.2, 0.25) is 0 Å². The third-order valence-corrected chi connectivity index (χ3v) is 6.05. The Morgan fingerprint density at radius 1 is 0.500 bits per heavy atom. The lowest BCUT2D eigenvalue weighted by Crippen LogP contribution is -2.32. The van der Waals surface area contributed by atoms with Crippen molar-refractivity contribution in [1.82, 2.24) is 0 Å². The predicted molar refractivity (Wildman–Crippen MR) is 125 cm³/mol. The van der Waals surface area contributed by atoms with Crippen molar-refractivity contribution in [2.75, 3.05) is 0 Å². The molecular formula is C27H50N+. The highest BCUT2D eigenvalue weighted by Crippen LogP contribution is 2.12. The first kappa shape index (κ1) is 25.2. The van der Waals surface area contributed by atoms with Crippen molar-refractivity contribution in [2.24, 2.45) is 0 Å². The summed E-state index contributed by atoms with van der Waals surface area (Å²) in [5.74, 6) is 0. The van der Waals surface area contributed by atoms with Crippen LogP contribution >= 0.6 is 0 Å². The number of unbranched alkanes of at least 4 members (excludes halogenated alkanes) is 16. The van der Waals surface area contributed by atoms with Gasteiger partial charge in [-0.05, 0) is 24.8 Å². The zero-order valence-corrected chi connectivity index (χ0v) is 19.4. The Morgan fingerprint density at radius 2 is 0.893 bits per heavy atom. The van der Waals surface area contributed by atoms with Crippen LogP contribution in [0.4, 0.5) is 0 Å². The van der Waals surface area contributed by atoms with Gasteiger partial charge in [0.05, 0.1) is 0 Å². The predicted octanol–water partition coefficient (Wildman–Crippen LogP) is 8.58. The van der Waals surface area contributed by atoms with E-state index in [-0.39, 0.29) is 0 Å². The highest BCUT2D eigenvalue weighted by molar-refractivity contribution is 5.07. The van der Waals surface area contributed by atoms with Gasteiger partial charge in [-0.15, -0.1) is 0 Å². The van der Waals surface area contributed by atoms with Crippen LogP contribution in [-0.2, 0) is 13.0 Å². The molecule has 0 saturated heterocycles. The van der Waals surface area contributed by atoms with Crippen LogP contribution in [0, 0.1) is 0 Å². The van der Waals surface area contributed by atoms with Gasteiger partial charge < -0.3 is 0 Å². The van der Waals surface area contributed by atoms with E-state index < -0.39 is 0 Å². The Bertz CT molecular complexity index is 422. The molecule has 1 heterocycles. The fourth-order valence-electron chi connectivity index (χ4n) is 4.05. The van der Waals surface area contributed by atoms with E-state index in [0.29, 0.717) is 0 Å². The van der Waals surface area contributed by atoms with Gasteiger partial charge in [-0.1, -0.05) is 110 Å². The first-order valence-electron chi connectivity index (χ1n) is 12.8. The van der Waals surface area contributed by atoms with Crippen molar-refractivity contribution in [1.29, 1.82) is 0 Å². The summed E-state index contributed by atoms with van der Waals surface area (Å²) >= 11 is 0. The van der Waals surface area contributed by atoms with Crippen LogP contribution in [0.15, 0.2) is 24.5 Å². The molecule has 0 spiro atoms. The molecule has 0 aliphatic heterocycles. The number of pyridine rings is 1. The van der Waals surface area contributed by atoms with Crippen LogP contribution in [0.5, 0.6) is 0 Å². The molecule has 0 atom stereocenters. The fourth-order valence-corrected chi connectivity index (χ4v) is 4.05. The molecule has 162 valence electrons. The third-order valence-electron chi connectivity index (χ3n) is 6.05. The molecule has 0 aliphatic carbocycles. The number of aromatic nitrogens is 1. The van der Waals surface area contributed by atoms with E-state index >= 15 is 0 Å². The molecule has 1 aromatic rings. The molecule has 1 nitrogen and oxygen atoms in total. The van der Waals surface area contributed by atoms with E-state index in [1.165, 1.54) is 134 Å². The van der Waals surface area contributed by atoms with Gasteiger partial charge in [-0.3, -0.25) is 0 Å². The lowest BCUT2D eigenvalue weighted by Gasteiger charge is -2.03. The van der Waals surface area contributed by atoms with Gasteiger partial charge in [0.1, 0.15) is 6.54 Å². The maximum Gasteiger partial charge on any atom is 0.169 e. The minimum atomic E-state index is 1.19. The molecule has 0 fully saturated rings. The van der Waals surface area contributed by atoms with Crippen LogP contribution in [0.25, 0.3) is 0 Å². The van der Waals surface area contributed by atoms with Crippen LogP contribution in [0.3, 0.4) is 0 Å². The summed E-state index contributed by atoms with van der Waals surface area (Å²) in [6.07, 6.45) is 31.3. The lowest BCUT2D eigenvalue weighted by atomic mass is 10.0. The molecule has 0 bridgehead atoms. The van der Waals surface area contributed by atoms with Gasteiger partial charge >= 0.3 is 0 Å². The number of hydrogen-bond donors (Lipinski definition) is 0. The summed E-state index contributed by atoms with van der Waals surface area (Å²) in [7, 11) is 0. The number of aryl methyl sites for hydroxylation is 2. The minimum Gasteiger partial charge on any atom is -0.205 e. The van der Waals surface area contributed by atoms with Crippen molar-refractivity contribution in [3.8, 4) is 0 Å². The zero-order chi connectivity index (χ0) is 20.1. The standard InChI is InChI=1S/C27H50N/c1-3-5-7-9-11-13-14-16-18-20-24-28-25-22-27(23-26-28)21-19-17-15-12-10-8-6-4-2/h22-23,25-26H,3-21,24H2,1-2H3/q+1. The average molecular weight is 389 g/mol. The molecule has 0 aromatic carbocycles. The molecule has 1 rings (SSSR count). The molecule has 28 heavy (non-hydrogen) atoms. The van der Waals surface area contributed by atoms with E-state index in [0.717, 1.165) is 0 Å². The summed E-state index contributed by atoms with van der Waals surface area (Å²) < 4.78 is 2.38. The Labute approximate surface area is 177 Å². The molecule has 0 aliphatic rings. The van der Waals surface area contributed by atoms with E-state index in [1.807, 2.05) is 0 Å². The number of nitrogens with zero attached hydrogens (tertiary/aromatic N) is 1. The minimum absolute atomic E-state index is 1.19. The fraction of sp³-hybridized carbons (Fsp3) is 0.815. The van der Waals surface area contributed by atoms with Crippen molar-refractivity contribution < 1.29 is 4.57 Å². The SMILES string of the molecule is CCCCCCCCCCCC[n+]1ccc(CCCCCCCCCC)cc1. The normalized spacial score (nSPS) is 11.2. The van der Waals surface area contributed by atoms with Crippen molar-refractivity contribution in [2.45, 2.75) is 142 Å². The summed E-state index contributed by atoms with van der Waals surface area (Å²) in [5.41, 5.74) is 1.52. The van der Waals surface area contributed by atoms with Gasteiger partial charge in [0.15, 0.2) is 12.4 Å². The Morgan fingerprint density at radius 3 is 1.36 bits per heavy atom. The third kappa shape index (κ3) is 15.1. The topological polar surface area (TPSA) is 3.88 Å². The van der Waals surface area contributed by atoms with Gasteiger partial charge in [-0.25, -0.2) is 4.57 Å². The summed E-state index contributed by atoms with van der Waals surface area (Å²) in [4.78, 5) is 0. The van der Waals surface area contributed by atoms with Crippen molar-refractivity contribution in [3.05, 3.63) is 30.1 Å². The maximum absolute atomic E-state index is 2.38. The molecule has 0 N–H and O–H groups in total. The second kappa shape index (κ2) is 19.5. The number of rotatable bonds is 20. The van der Waals surface area contributed by atoms with Crippen molar-refractivity contribution in [3.63, 3.8) is 0 Å². The smallest absolute Gasteiger partial charge is 0.169 e. The van der Waals surface area contributed by atoms with Crippen molar-refractivity contribution >= 4 is 0 Å². The van der Waals surface area contributed by atoms with Gasteiger partial charge in [0.25, 0.3) is 0 Å². The quantitative estimate of drug-likeness (QED) is 0.155. The van der Waals surface area contributed by atoms with E-state index in [4.69, 9.17) is 0 Å². The molecule has 0 unspecified atom stereocenters. The highest BCUT2D eigenvalue weighted by atomic mass is 14.9. The largest absolute Gasteiger partial charge is 0.205 e. The van der Waals surface area contributed by atoms with E-state index in [1.54, 1.807) is 0 Å². The molecular weight excluding hydrogens is 338 g/mol. The highest BCUT2D eigenvalue weighted by Gasteiger charge is 2.02. The van der Waals surface area contributed by atoms with Gasteiger partial charge in [0.2, 0.25) is 0 Å². The first-order chi connectivity index (χ1) is 13.9. The monoisotopic (exact) mass is 388 g/mol. The molecule has 0 amide bonds. The first-order valence-corrected chi connectivity index (χ1v) is 12.8. The molecule has 0 saturated carbocycles. The van der Waals surface area contributed by atoms with Crippen LogP contribution < -0.4 is 4.57 Å². The summed E-state index contributed by atoms with van der Waals surface area (Å²) in [5, 5.41) is 0. The molecule has 1 aromatic heterocycles. The van der Waals surface area contributed by atoms with Crippen LogP contribution in [0.1, 0.15) is 135 Å². The van der Waals surface area contributed by atoms with Gasteiger partial charge in [-0.2, -0.15) is 0 Å². The Balaban J connectivity index is 1.94. The average Bonchev–Trinajstić information content (AvgIpc) is 2.72. The summed E-state index contributed by atoms with van der Waals surface area (Å²) in [6, 6.07) is 4.69. The second-order valence-electron chi connectivity index (χ2n) is 8.85. The van der Waals surface area contributed by atoms with E-state index in [2.05, 4.69) is 42.9 Å².